The third kappa shape index (κ3) is 5.11. The van der Waals surface area contributed by atoms with E-state index < -0.39 is 0 Å². The van der Waals surface area contributed by atoms with Gasteiger partial charge < -0.3 is 4.57 Å². The second-order valence-electron chi connectivity index (χ2n) is 6.48. The predicted molar refractivity (Wildman–Crippen MR) is 113 cm³/mol. The number of rotatable bonds is 8. The zero-order chi connectivity index (χ0) is 20.1. The zero-order valence-electron chi connectivity index (χ0n) is 16.0. The largest absolute Gasteiger partial charge is 0.300 e. The Bertz CT molecular complexity index is 901. The molecule has 7 heteroatoms. The van der Waals surface area contributed by atoms with Crippen molar-refractivity contribution in [1.82, 2.24) is 14.8 Å². The number of ketones is 2. The smallest absolute Gasteiger partial charge is 0.192 e. The van der Waals surface area contributed by atoms with Crippen LogP contribution in [-0.2, 0) is 7.05 Å². The van der Waals surface area contributed by atoms with Crippen molar-refractivity contribution in [2.45, 2.75) is 24.2 Å². The summed E-state index contributed by atoms with van der Waals surface area (Å²) in [4.78, 5) is 24.6. The second kappa shape index (κ2) is 9.21. The van der Waals surface area contributed by atoms with E-state index in [9.17, 15) is 9.59 Å². The fourth-order valence-electron chi connectivity index (χ4n) is 2.46. The fraction of sp³-hybridized carbons (Fsp3) is 0.238. The van der Waals surface area contributed by atoms with Gasteiger partial charge in [0, 0.05) is 18.2 Å². The monoisotopic (exact) mass is 411 g/mol. The van der Waals surface area contributed by atoms with Gasteiger partial charge >= 0.3 is 0 Å². The van der Waals surface area contributed by atoms with Crippen molar-refractivity contribution in [3.8, 4) is 0 Å². The van der Waals surface area contributed by atoms with Gasteiger partial charge in [0.05, 0.1) is 11.5 Å². The first-order valence-corrected chi connectivity index (χ1v) is 10.8. The number of benzene rings is 2. The van der Waals surface area contributed by atoms with Gasteiger partial charge in [-0.15, -0.1) is 10.2 Å². The van der Waals surface area contributed by atoms with Gasteiger partial charge in [0.1, 0.15) is 0 Å². The van der Waals surface area contributed by atoms with Crippen LogP contribution in [0.5, 0.6) is 0 Å². The number of aryl methyl sites for hydroxylation is 2. The molecule has 0 bridgehead atoms. The molecule has 0 aliphatic heterocycles. The summed E-state index contributed by atoms with van der Waals surface area (Å²) in [5, 5.41) is 9.61. The minimum Gasteiger partial charge on any atom is -0.300 e. The van der Waals surface area contributed by atoms with Gasteiger partial charge in [-0.2, -0.15) is 0 Å². The third-order valence-corrected chi connectivity index (χ3v) is 6.25. The Kier molecular flexibility index (Phi) is 6.70. The molecule has 1 heterocycles. The van der Waals surface area contributed by atoms with Gasteiger partial charge in [0.25, 0.3) is 0 Å². The van der Waals surface area contributed by atoms with Crippen molar-refractivity contribution in [2.75, 3.05) is 11.5 Å². The second-order valence-corrected chi connectivity index (χ2v) is 8.36. The van der Waals surface area contributed by atoms with Crippen LogP contribution in [-0.4, -0.2) is 37.8 Å². The number of aromatic nitrogens is 3. The Morgan fingerprint density at radius 2 is 1.11 bits per heavy atom. The molecular formula is C21H21N3O2S2. The van der Waals surface area contributed by atoms with Crippen molar-refractivity contribution in [3.05, 3.63) is 70.8 Å². The quantitative estimate of drug-likeness (QED) is 0.405. The van der Waals surface area contributed by atoms with Gasteiger partial charge in [0.2, 0.25) is 0 Å². The van der Waals surface area contributed by atoms with Crippen LogP contribution in [0.25, 0.3) is 0 Å². The Morgan fingerprint density at radius 1 is 0.750 bits per heavy atom. The molecule has 0 saturated carbocycles. The van der Waals surface area contributed by atoms with E-state index in [2.05, 4.69) is 10.2 Å². The van der Waals surface area contributed by atoms with Crippen LogP contribution in [0.15, 0.2) is 58.8 Å². The Hall–Kier alpha value is -2.38. The molecule has 3 aromatic rings. The van der Waals surface area contributed by atoms with E-state index in [0.717, 1.165) is 11.1 Å². The first-order valence-electron chi connectivity index (χ1n) is 8.79. The minimum atomic E-state index is 0.0525. The number of carbonyl (C=O) groups is 2. The molecule has 0 N–H and O–H groups in total. The molecule has 28 heavy (non-hydrogen) atoms. The van der Waals surface area contributed by atoms with E-state index in [1.54, 1.807) is 0 Å². The molecule has 0 radical (unpaired) electrons. The molecule has 0 aliphatic rings. The number of hydrogen-bond acceptors (Lipinski definition) is 6. The lowest BCUT2D eigenvalue weighted by atomic mass is 10.1. The maximum absolute atomic E-state index is 12.3. The molecule has 144 valence electrons. The minimum absolute atomic E-state index is 0.0525. The van der Waals surface area contributed by atoms with Crippen molar-refractivity contribution in [1.29, 1.82) is 0 Å². The normalized spacial score (nSPS) is 10.8. The summed E-state index contributed by atoms with van der Waals surface area (Å²) in [6, 6.07) is 15.1. The molecule has 0 amide bonds. The lowest BCUT2D eigenvalue weighted by Gasteiger charge is -2.04. The van der Waals surface area contributed by atoms with Crippen LogP contribution in [0, 0.1) is 13.8 Å². The first-order chi connectivity index (χ1) is 13.4. The number of Topliss-reactive ketones (excluding diaryl/α,β-unsaturated/α-hetero) is 2. The fourth-order valence-corrected chi connectivity index (χ4v) is 4.13. The van der Waals surface area contributed by atoms with Crippen LogP contribution < -0.4 is 0 Å². The summed E-state index contributed by atoms with van der Waals surface area (Å²) in [7, 11) is 1.84. The highest BCUT2D eigenvalue weighted by Crippen LogP contribution is 2.23. The van der Waals surface area contributed by atoms with Crippen molar-refractivity contribution < 1.29 is 9.59 Å². The standard InChI is InChI=1S/C21H21N3O2S2/c1-14-4-8-16(9-5-14)18(25)12-27-20-22-23-21(24(20)3)28-13-19(26)17-10-6-15(2)7-11-17/h4-11H,12-13H2,1-3H3. The van der Waals surface area contributed by atoms with Crippen molar-refractivity contribution >= 4 is 35.1 Å². The highest BCUT2D eigenvalue weighted by Gasteiger charge is 2.15. The molecule has 0 unspecified atom stereocenters. The summed E-state index contributed by atoms with van der Waals surface area (Å²) in [5.41, 5.74) is 3.64. The SMILES string of the molecule is Cc1ccc(C(=O)CSc2nnc(SCC(=O)c3ccc(C)cc3)n2C)cc1. The predicted octanol–water partition coefficient (Wildman–Crippen LogP) is 4.38. The summed E-state index contributed by atoms with van der Waals surface area (Å²) in [6.45, 7) is 3.98. The molecule has 0 fully saturated rings. The lowest BCUT2D eigenvalue weighted by Crippen LogP contribution is -2.05. The van der Waals surface area contributed by atoms with E-state index in [4.69, 9.17) is 0 Å². The summed E-state index contributed by atoms with van der Waals surface area (Å²) < 4.78 is 1.82. The van der Waals surface area contributed by atoms with Crippen molar-refractivity contribution in [3.63, 3.8) is 0 Å². The van der Waals surface area contributed by atoms with Crippen molar-refractivity contribution in [2.24, 2.45) is 7.05 Å². The maximum Gasteiger partial charge on any atom is 0.192 e. The Morgan fingerprint density at radius 3 is 1.46 bits per heavy atom. The molecule has 1 aromatic heterocycles. The molecule has 3 rings (SSSR count). The Labute approximate surface area is 172 Å². The number of nitrogens with zero attached hydrogens (tertiary/aromatic N) is 3. The molecule has 0 spiro atoms. The molecule has 5 nitrogen and oxygen atoms in total. The van der Waals surface area contributed by atoms with Crippen LogP contribution in [0.3, 0.4) is 0 Å². The molecular weight excluding hydrogens is 390 g/mol. The van der Waals surface area contributed by atoms with Crippen LogP contribution in [0.2, 0.25) is 0 Å². The zero-order valence-corrected chi connectivity index (χ0v) is 17.6. The number of thioether (sulfide) groups is 2. The van der Waals surface area contributed by atoms with E-state index in [1.165, 1.54) is 23.5 Å². The van der Waals surface area contributed by atoms with Gasteiger partial charge in [-0.25, -0.2) is 0 Å². The van der Waals surface area contributed by atoms with E-state index in [1.807, 2.05) is 74.0 Å². The average molecular weight is 412 g/mol. The van der Waals surface area contributed by atoms with Gasteiger partial charge in [-0.05, 0) is 13.8 Å². The first kappa shape index (κ1) is 20.4. The van der Waals surface area contributed by atoms with Crippen LogP contribution in [0.4, 0.5) is 0 Å². The van der Waals surface area contributed by atoms with Crippen LogP contribution >= 0.6 is 23.5 Å². The summed E-state index contributed by atoms with van der Waals surface area (Å²) in [5.74, 6) is 0.692. The van der Waals surface area contributed by atoms with E-state index in [-0.39, 0.29) is 11.6 Å². The van der Waals surface area contributed by atoms with Gasteiger partial charge in [-0.1, -0.05) is 83.2 Å². The number of carbonyl (C=O) groups excluding carboxylic acids is 2. The highest BCUT2D eigenvalue weighted by molar-refractivity contribution is 8.00. The summed E-state index contributed by atoms with van der Waals surface area (Å²) >= 11 is 2.70. The molecule has 2 aromatic carbocycles. The maximum atomic E-state index is 12.3. The third-order valence-electron chi connectivity index (χ3n) is 4.21. The Balaban J connectivity index is 1.56. The van der Waals surface area contributed by atoms with E-state index in [0.29, 0.717) is 32.9 Å². The van der Waals surface area contributed by atoms with E-state index >= 15 is 0 Å². The molecule has 0 aliphatic carbocycles. The number of hydrogen-bond donors (Lipinski definition) is 0. The van der Waals surface area contributed by atoms with Gasteiger partial charge in [-0.3, -0.25) is 9.59 Å². The molecule has 0 atom stereocenters. The summed E-state index contributed by atoms with van der Waals surface area (Å²) in [6.07, 6.45) is 0. The van der Waals surface area contributed by atoms with Gasteiger partial charge in [0.15, 0.2) is 21.9 Å². The van der Waals surface area contributed by atoms with Crippen LogP contribution in [0.1, 0.15) is 31.8 Å². The topological polar surface area (TPSA) is 64.8 Å². The lowest BCUT2D eigenvalue weighted by molar-refractivity contribution is 0.101. The molecule has 0 saturated heterocycles. The highest BCUT2D eigenvalue weighted by atomic mass is 32.2. The average Bonchev–Trinajstić information content (AvgIpc) is 3.05.